The minimum Gasteiger partial charge on any atom is -0.368 e. The molecule has 5 N–H and O–H groups in total. The number of primary amides is 1. The third kappa shape index (κ3) is 4.74. The zero-order chi connectivity index (χ0) is 10.4. The maximum atomic E-state index is 11.2. The van der Waals surface area contributed by atoms with E-state index in [1.807, 2.05) is 6.26 Å². The Bertz CT molecular complexity index is 198. The van der Waals surface area contributed by atoms with Crippen LogP contribution in [0.1, 0.15) is 6.92 Å². The first-order chi connectivity index (χ1) is 5.99. The molecule has 0 aromatic carbocycles. The van der Waals surface area contributed by atoms with Crippen LogP contribution in [0, 0.1) is 0 Å². The molecule has 76 valence electrons. The number of amides is 2. The van der Waals surface area contributed by atoms with Crippen molar-refractivity contribution in [3.05, 3.63) is 0 Å². The summed E-state index contributed by atoms with van der Waals surface area (Å²) in [5, 5.41) is 2.41. The number of carbonyl (C=O) groups excluding carboxylic acids is 2. The van der Waals surface area contributed by atoms with Crippen molar-refractivity contribution < 1.29 is 9.59 Å². The third-order valence-corrected chi connectivity index (χ3v) is 2.16. The van der Waals surface area contributed by atoms with Gasteiger partial charge in [-0.05, 0) is 13.2 Å². The highest BCUT2D eigenvalue weighted by molar-refractivity contribution is 7.98. The molecule has 6 heteroatoms. The smallest absolute Gasteiger partial charge is 0.239 e. The Hall–Kier alpha value is -0.750. The van der Waals surface area contributed by atoms with Gasteiger partial charge in [-0.3, -0.25) is 9.59 Å². The molecular formula is C7H15N3O2S. The summed E-state index contributed by atoms with van der Waals surface area (Å²) in [5.41, 5.74) is 10.4. The summed E-state index contributed by atoms with van der Waals surface area (Å²) in [6.07, 6.45) is 1.85. The van der Waals surface area contributed by atoms with Gasteiger partial charge in [-0.15, -0.1) is 0 Å². The van der Waals surface area contributed by atoms with Crippen molar-refractivity contribution >= 4 is 23.6 Å². The fourth-order valence-corrected chi connectivity index (χ4v) is 1.16. The van der Waals surface area contributed by atoms with Crippen LogP contribution in [0.4, 0.5) is 0 Å². The molecule has 2 amide bonds. The number of nitrogens with two attached hydrogens (primary N) is 2. The van der Waals surface area contributed by atoms with E-state index >= 15 is 0 Å². The minimum absolute atomic E-state index is 0.347. The van der Waals surface area contributed by atoms with E-state index < -0.39 is 18.0 Å². The molecule has 13 heavy (non-hydrogen) atoms. The molecule has 0 saturated carbocycles. The minimum atomic E-state index is -0.666. The fraction of sp³-hybridized carbons (Fsp3) is 0.714. The monoisotopic (exact) mass is 205 g/mol. The van der Waals surface area contributed by atoms with Gasteiger partial charge in [-0.25, -0.2) is 0 Å². The van der Waals surface area contributed by atoms with E-state index in [1.165, 1.54) is 18.7 Å². The van der Waals surface area contributed by atoms with E-state index in [4.69, 9.17) is 11.5 Å². The van der Waals surface area contributed by atoms with Crippen molar-refractivity contribution in [1.82, 2.24) is 5.32 Å². The molecule has 0 saturated heterocycles. The van der Waals surface area contributed by atoms with Crippen LogP contribution in [0.3, 0.4) is 0 Å². The van der Waals surface area contributed by atoms with Crippen LogP contribution in [0.2, 0.25) is 0 Å². The number of rotatable bonds is 5. The second-order valence-electron chi connectivity index (χ2n) is 2.69. The first-order valence-electron chi connectivity index (χ1n) is 3.83. The molecule has 0 aromatic rings. The number of nitrogens with one attached hydrogen (secondary N) is 1. The molecule has 5 nitrogen and oxygen atoms in total. The van der Waals surface area contributed by atoms with Gasteiger partial charge in [-0.1, -0.05) is 0 Å². The van der Waals surface area contributed by atoms with Gasteiger partial charge in [0.15, 0.2) is 0 Å². The molecule has 0 aliphatic heterocycles. The summed E-state index contributed by atoms with van der Waals surface area (Å²) in [6, 6.07) is -1.25. The Morgan fingerprint density at radius 3 is 2.46 bits per heavy atom. The van der Waals surface area contributed by atoms with Gasteiger partial charge in [0.1, 0.15) is 6.04 Å². The van der Waals surface area contributed by atoms with E-state index in [0.717, 1.165) is 0 Å². The summed E-state index contributed by atoms with van der Waals surface area (Å²) in [7, 11) is 0. The average Bonchev–Trinajstić information content (AvgIpc) is 2.04. The molecule has 0 heterocycles. The Balaban J connectivity index is 3.92. The highest BCUT2D eigenvalue weighted by atomic mass is 32.2. The first-order valence-corrected chi connectivity index (χ1v) is 5.22. The zero-order valence-electron chi connectivity index (χ0n) is 7.74. The molecule has 2 unspecified atom stereocenters. The molecular weight excluding hydrogens is 190 g/mol. The van der Waals surface area contributed by atoms with Gasteiger partial charge in [-0.2, -0.15) is 11.8 Å². The summed E-state index contributed by atoms with van der Waals surface area (Å²) >= 11 is 1.47. The SMILES string of the molecule is CSCC(N)C(=O)NC(C)C(N)=O. The van der Waals surface area contributed by atoms with Crippen LogP contribution in [0.15, 0.2) is 0 Å². The first kappa shape index (κ1) is 12.2. The van der Waals surface area contributed by atoms with Gasteiger partial charge in [0.2, 0.25) is 11.8 Å². The van der Waals surface area contributed by atoms with Crippen molar-refractivity contribution in [2.45, 2.75) is 19.0 Å². The normalized spacial score (nSPS) is 14.7. The Morgan fingerprint density at radius 2 is 2.08 bits per heavy atom. The predicted molar refractivity (Wildman–Crippen MR) is 53.2 cm³/mol. The lowest BCUT2D eigenvalue weighted by Gasteiger charge is -2.14. The van der Waals surface area contributed by atoms with E-state index in [0.29, 0.717) is 5.75 Å². The molecule has 2 atom stereocenters. The number of carbonyl (C=O) groups is 2. The highest BCUT2D eigenvalue weighted by Gasteiger charge is 2.17. The van der Waals surface area contributed by atoms with Crippen molar-refractivity contribution in [2.75, 3.05) is 12.0 Å². The van der Waals surface area contributed by atoms with E-state index in [1.54, 1.807) is 0 Å². The fourth-order valence-electron chi connectivity index (χ4n) is 0.647. The third-order valence-electron chi connectivity index (χ3n) is 1.47. The lowest BCUT2D eigenvalue weighted by Crippen LogP contribution is -2.49. The van der Waals surface area contributed by atoms with Gasteiger partial charge in [0, 0.05) is 5.75 Å². The standard InChI is InChI=1S/C7H15N3O2S/c1-4(6(9)11)10-7(12)5(8)3-13-2/h4-5H,3,8H2,1-2H3,(H2,9,11)(H,10,12). The molecule has 0 rings (SSSR count). The average molecular weight is 205 g/mol. The van der Waals surface area contributed by atoms with Crippen LogP contribution >= 0.6 is 11.8 Å². The van der Waals surface area contributed by atoms with Gasteiger partial charge in [0.25, 0.3) is 0 Å². The molecule has 0 fully saturated rings. The Kier molecular flexibility index (Phi) is 5.48. The van der Waals surface area contributed by atoms with Crippen LogP contribution in [-0.2, 0) is 9.59 Å². The topological polar surface area (TPSA) is 98.2 Å². The molecule has 0 spiro atoms. The quantitative estimate of drug-likeness (QED) is 0.517. The van der Waals surface area contributed by atoms with Crippen LogP contribution in [0.5, 0.6) is 0 Å². The maximum absolute atomic E-state index is 11.2. The summed E-state index contributed by atoms with van der Waals surface area (Å²) in [5.74, 6) is -0.387. The van der Waals surface area contributed by atoms with E-state index in [9.17, 15) is 9.59 Å². The van der Waals surface area contributed by atoms with Crippen molar-refractivity contribution in [3.63, 3.8) is 0 Å². The molecule has 0 aliphatic rings. The lowest BCUT2D eigenvalue weighted by atomic mass is 10.2. The summed E-state index contributed by atoms with van der Waals surface area (Å²) in [6.45, 7) is 1.52. The largest absolute Gasteiger partial charge is 0.368 e. The molecule has 0 aromatic heterocycles. The number of hydrogen-bond donors (Lipinski definition) is 3. The zero-order valence-corrected chi connectivity index (χ0v) is 8.56. The molecule has 0 bridgehead atoms. The van der Waals surface area contributed by atoms with Gasteiger partial charge < -0.3 is 16.8 Å². The maximum Gasteiger partial charge on any atom is 0.239 e. The van der Waals surface area contributed by atoms with E-state index in [2.05, 4.69) is 5.32 Å². The number of hydrogen-bond acceptors (Lipinski definition) is 4. The Labute approximate surface area is 81.6 Å². The second-order valence-corrected chi connectivity index (χ2v) is 3.61. The van der Waals surface area contributed by atoms with Gasteiger partial charge >= 0.3 is 0 Å². The number of thioether (sulfide) groups is 1. The molecule has 0 radical (unpaired) electrons. The van der Waals surface area contributed by atoms with E-state index in [-0.39, 0.29) is 5.91 Å². The molecule has 0 aliphatic carbocycles. The van der Waals surface area contributed by atoms with Crippen LogP contribution in [0.25, 0.3) is 0 Å². The van der Waals surface area contributed by atoms with Crippen LogP contribution < -0.4 is 16.8 Å². The predicted octanol–water partition coefficient (Wildman–Crippen LogP) is -1.33. The summed E-state index contributed by atoms with van der Waals surface area (Å²) in [4.78, 5) is 21.8. The highest BCUT2D eigenvalue weighted by Crippen LogP contribution is 1.95. The van der Waals surface area contributed by atoms with Crippen molar-refractivity contribution in [3.8, 4) is 0 Å². The van der Waals surface area contributed by atoms with Crippen molar-refractivity contribution in [2.24, 2.45) is 11.5 Å². The van der Waals surface area contributed by atoms with Crippen molar-refractivity contribution in [1.29, 1.82) is 0 Å². The Morgan fingerprint density at radius 1 is 1.54 bits per heavy atom. The second kappa shape index (κ2) is 5.82. The van der Waals surface area contributed by atoms with Crippen LogP contribution in [-0.4, -0.2) is 35.9 Å². The lowest BCUT2D eigenvalue weighted by molar-refractivity contribution is -0.127. The van der Waals surface area contributed by atoms with Gasteiger partial charge in [0.05, 0.1) is 6.04 Å². The summed E-state index contributed by atoms with van der Waals surface area (Å²) < 4.78 is 0.